The van der Waals surface area contributed by atoms with Gasteiger partial charge >= 0.3 is 12.1 Å². The molecule has 262 valence electrons. The maximum absolute atomic E-state index is 13.8. The second-order valence-electron chi connectivity index (χ2n) is 12.8. The van der Waals surface area contributed by atoms with E-state index < -0.39 is 12.2 Å². The maximum atomic E-state index is 13.8. The number of amides is 4. The highest BCUT2D eigenvalue weighted by molar-refractivity contribution is 5.85. The number of alkyl carbamates (subject to hydrolysis) is 1. The van der Waals surface area contributed by atoms with Crippen LogP contribution < -0.4 is 10.6 Å². The molecule has 4 heterocycles. The van der Waals surface area contributed by atoms with Crippen LogP contribution in [0.5, 0.6) is 0 Å². The van der Waals surface area contributed by atoms with E-state index in [0.29, 0.717) is 24.5 Å². The minimum Gasteiger partial charge on any atom is -0.431 e. The number of aromatic amines is 2. The van der Waals surface area contributed by atoms with Gasteiger partial charge in [-0.2, -0.15) is 0 Å². The highest BCUT2D eigenvalue weighted by Crippen LogP contribution is 2.36. The standard InChI is InChI=1S/C39H42N8O4/c1-3-41-38(49)47-22-8-12-33(47)36-43-24-31(45-36)28-19-15-26(16-20-28)25-13-17-27(18-14-25)30-23-42-35(44-30)32-11-7-21-46(32)37(48)34(51-39(50)40-2)29-9-5-4-6-10-29/h4-6,9-10,13-20,23-24,32-34H,3,7-8,11-12,21-22H2,1-2H3,(H,40,50)(H,41,49)(H,42,44)(H,43,45)/t32-,33-,34+/m0/s1. The summed E-state index contributed by atoms with van der Waals surface area (Å²) >= 11 is 0. The Morgan fingerprint density at radius 3 is 1.80 bits per heavy atom. The molecule has 51 heavy (non-hydrogen) atoms. The average Bonchev–Trinajstić information content (AvgIpc) is 4.01. The summed E-state index contributed by atoms with van der Waals surface area (Å²) in [5, 5.41) is 5.35. The van der Waals surface area contributed by atoms with E-state index in [0.717, 1.165) is 71.7 Å². The third kappa shape index (κ3) is 7.07. The Balaban J connectivity index is 1.02. The minimum absolute atomic E-state index is 0.0445. The number of aromatic nitrogens is 4. The molecular formula is C39H42N8O4. The summed E-state index contributed by atoms with van der Waals surface area (Å²) in [4.78, 5) is 58.3. The molecule has 4 N–H and O–H groups in total. The first-order chi connectivity index (χ1) is 24.9. The number of carbonyl (C=O) groups is 3. The van der Waals surface area contributed by atoms with E-state index in [-0.39, 0.29) is 24.0 Å². The van der Waals surface area contributed by atoms with Gasteiger partial charge in [0.2, 0.25) is 6.10 Å². The van der Waals surface area contributed by atoms with Crippen molar-refractivity contribution >= 4 is 18.0 Å². The first-order valence-corrected chi connectivity index (χ1v) is 17.5. The van der Waals surface area contributed by atoms with Crippen molar-refractivity contribution in [2.45, 2.75) is 50.8 Å². The van der Waals surface area contributed by atoms with Gasteiger partial charge in [0.05, 0.1) is 35.9 Å². The zero-order valence-electron chi connectivity index (χ0n) is 28.8. The van der Waals surface area contributed by atoms with Crippen LogP contribution in [0.2, 0.25) is 0 Å². The molecule has 0 bridgehead atoms. The van der Waals surface area contributed by atoms with Gasteiger partial charge in [-0.3, -0.25) is 4.79 Å². The zero-order valence-corrected chi connectivity index (χ0v) is 28.8. The first kappa shape index (κ1) is 33.6. The number of ether oxygens (including phenoxy) is 1. The summed E-state index contributed by atoms with van der Waals surface area (Å²) in [5.41, 5.74) is 6.56. The van der Waals surface area contributed by atoms with E-state index in [1.807, 2.05) is 36.2 Å². The lowest BCUT2D eigenvalue weighted by Crippen LogP contribution is -2.39. The quantitative estimate of drug-likeness (QED) is 0.135. The molecule has 12 nitrogen and oxygen atoms in total. The molecule has 0 radical (unpaired) electrons. The van der Waals surface area contributed by atoms with Crippen molar-refractivity contribution in [1.29, 1.82) is 0 Å². The Morgan fingerprint density at radius 2 is 1.27 bits per heavy atom. The molecule has 2 fully saturated rings. The van der Waals surface area contributed by atoms with E-state index in [2.05, 4.69) is 79.1 Å². The maximum Gasteiger partial charge on any atom is 0.408 e. The molecule has 2 aliphatic heterocycles. The van der Waals surface area contributed by atoms with Gasteiger partial charge in [0.25, 0.3) is 5.91 Å². The number of H-pyrrole nitrogens is 2. The van der Waals surface area contributed by atoms with Gasteiger partial charge in [0.15, 0.2) is 0 Å². The number of hydrogen-bond acceptors (Lipinski definition) is 6. The number of urea groups is 1. The van der Waals surface area contributed by atoms with Crippen molar-refractivity contribution in [2.24, 2.45) is 0 Å². The van der Waals surface area contributed by atoms with Crippen LogP contribution in [0, 0.1) is 0 Å². The summed E-state index contributed by atoms with van der Waals surface area (Å²) in [6.45, 7) is 3.80. The Morgan fingerprint density at radius 1 is 0.765 bits per heavy atom. The van der Waals surface area contributed by atoms with Gasteiger partial charge in [0, 0.05) is 32.2 Å². The van der Waals surface area contributed by atoms with Crippen molar-refractivity contribution in [3.63, 3.8) is 0 Å². The molecule has 0 saturated carbocycles. The van der Waals surface area contributed by atoms with E-state index >= 15 is 0 Å². The van der Waals surface area contributed by atoms with Crippen LogP contribution in [0.25, 0.3) is 33.6 Å². The topological polar surface area (TPSA) is 148 Å². The lowest BCUT2D eigenvalue weighted by molar-refractivity contribution is -0.141. The third-order valence-corrected chi connectivity index (χ3v) is 9.68. The largest absolute Gasteiger partial charge is 0.431 e. The van der Waals surface area contributed by atoms with Crippen molar-refractivity contribution in [3.05, 3.63) is 108 Å². The second-order valence-corrected chi connectivity index (χ2v) is 12.8. The summed E-state index contributed by atoms with van der Waals surface area (Å²) in [5.74, 6) is 1.24. The normalized spacial score (nSPS) is 17.7. The van der Waals surface area contributed by atoms with Gasteiger partial charge in [-0.1, -0.05) is 78.9 Å². The molecule has 2 saturated heterocycles. The van der Waals surface area contributed by atoms with Gasteiger partial charge in [-0.25, -0.2) is 19.6 Å². The molecule has 7 rings (SSSR count). The SMILES string of the molecule is CCNC(=O)N1CCC[C@H]1c1ncc(-c2ccc(-c3ccc(-c4cnc([C@@H]5CCCN5C(=O)[C@H](OC(=O)NC)c5ccccc5)[nH]4)cc3)cc2)[nH]1. The summed E-state index contributed by atoms with van der Waals surface area (Å²) in [6, 6.07) is 25.4. The molecule has 2 aromatic heterocycles. The zero-order chi connectivity index (χ0) is 35.3. The van der Waals surface area contributed by atoms with Gasteiger partial charge in [0.1, 0.15) is 11.6 Å². The van der Waals surface area contributed by atoms with Crippen LogP contribution in [0.1, 0.15) is 68.0 Å². The molecule has 0 spiro atoms. The van der Waals surface area contributed by atoms with E-state index in [1.54, 1.807) is 23.2 Å². The van der Waals surface area contributed by atoms with Crippen LogP contribution in [-0.2, 0) is 9.53 Å². The smallest absolute Gasteiger partial charge is 0.408 e. The molecule has 2 aliphatic rings. The molecule has 5 aromatic rings. The highest BCUT2D eigenvalue weighted by Gasteiger charge is 2.38. The van der Waals surface area contributed by atoms with Gasteiger partial charge < -0.3 is 35.1 Å². The van der Waals surface area contributed by atoms with Crippen LogP contribution in [0.3, 0.4) is 0 Å². The number of carbonyl (C=O) groups excluding carboxylic acids is 3. The Kier molecular flexibility index (Phi) is 9.82. The summed E-state index contributed by atoms with van der Waals surface area (Å²) in [7, 11) is 1.47. The average molecular weight is 687 g/mol. The predicted molar refractivity (Wildman–Crippen MR) is 193 cm³/mol. The number of benzene rings is 3. The fraction of sp³-hybridized carbons (Fsp3) is 0.308. The van der Waals surface area contributed by atoms with Crippen molar-refractivity contribution < 1.29 is 19.1 Å². The van der Waals surface area contributed by atoms with Crippen LogP contribution >= 0.6 is 0 Å². The number of hydrogen-bond donors (Lipinski definition) is 4. The van der Waals surface area contributed by atoms with E-state index in [4.69, 9.17) is 4.74 Å². The molecule has 4 amide bonds. The lowest BCUT2D eigenvalue weighted by Gasteiger charge is -2.28. The van der Waals surface area contributed by atoms with Crippen LogP contribution in [-0.4, -0.2) is 74.4 Å². The molecule has 12 heteroatoms. The predicted octanol–water partition coefficient (Wildman–Crippen LogP) is 6.76. The molecule has 0 unspecified atom stereocenters. The Hall–Kier alpha value is -5.91. The van der Waals surface area contributed by atoms with Crippen LogP contribution in [0.15, 0.2) is 91.3 Å². The number of imidazole rings is 2. The number of rotatable bonds is 9. The number of likely N-dealkylation sites (tertiary alicyclic amines) is 2. The third-order valence-electron chi connectivity index (χ3n) is 9.68. The Labute approximate surface area is 296 Å². The van der Waals surface area contributed by atoms with Gasteiger partial charge in [-0.15, -0.1) is 0 Å². The first-order valence-electron chi connectivity index (χ1n) is 17.5. The second kappa shape index (κ2) is 14.9. The Bertz CT molecular complexity index is 1970. The van der Waals surface area contributed by atoms with Crippen molar-refractivity contribution in [1.82, 2.24) is 40.4 Å². The van der Waals surface area contributed by atoms with Crippen molar-refractivity contribution in [2.75, 3.05) is 26.7 Å². The van der Waals surface area contributed by atoms with E-state index in [9.17, 15) is 14.4 Å². The summed E-state index contributed by atoms with van der Waals surface area (Å²) in [6.07, 6.45) is 5.35. The number of nitrogens with one attached hydrogen (secondary N) is 4. The highest BCUT2D eigenvalue weighted by atomic mass is 16.6. The fourth-order valence-corrected chi connectivity index (χ4v) is 7.06. The monoisotopic (exact) mass is 686 g/mol. The van der Waals surface area contributed by atoms with Crippen LogP contribution in [0.4, 0.5) is 9.59 Å². The summed E-state index contributed by atoms with van der Waals surface area (Å²) < 4.78 is 5.54. The lowest BCUT2D eigenvalue weighted by atomic mass is 10.0. The molecule has 3 atom stereocenters. The van der Waals surface area contributed by atoms with E-state index in [1.165, 1.54) is 7.05 Å². The molecule has 0 aliphatic carbocycles. The molecule has 3 aromatic carbocycles. The molecular weight excluding hydrogens is 644 g/mol. The minimum atomic E-state index is -1.05. The number of nitrogens with zero attached hydrogens (tertiary/aromatic N) is 4. The fourth-order valence-electron chi connectivity index (χ4n) is 7.06. The van der Waals surface area contributed by atoms with Gasteiger partial charge in [-0.05, 0) is 54.9 Å². The van der Waals surface area contributed by atoms with Crippen molar-refractivity contribution in [3.8, 4) is 33.6 Å².